The number of rotatable bonds is 14. The van der Waals surface area contributed by atoms with Gasteiger partial charge in [-0.3, -0.25) is 0 Å². The van der Waals surface area contributed by atoms with Crippen molar-refractivity contribution in [3.8, 4) is 0 Å². The average molecular weight is 351 g/mol. The summed E-state index contributed by atoms with van der Waals surface area (Å²) in [6.07, 6.45) is 13.5. The van der Waals surface area contributed by atoms with Gasteiger partial charge in [0, 0.05) is 7.11 Å². The van der Waals surface area contributed by atoms with Gasteiger partial charge in [-0.2, -0.15) is 0 Å². The standard InChI is InChI=1S/C23H39FO/c1-5-8-9-10-11-12-13-21(23(6-2,7-3)25-4)17-14-20-15-18-22(24)19-16-20/h15-16,18-19,21H,5-14,17H2,1-4H3. The van der Waals surface area contributed by atoms with Crippen LogP contribution in [0.2, 0.25) is 0 Å². The van der Waals surface area contributed by atoms with Crippen LogP contribution >= 0.6 is 0 Å². The molecular formula is C23H39FO. The molecule has 1 rings (SSSR count). The minimum Gasteiger partial charge on any atom is -0.378 e. The van der Waals surface area contributed by atoms with Gasteiger partial charge in [0.15, 0.2) is 0 Å². The molecule has 0 aromatic heterocycles. The van der Waals surface area contributed by atoms with Gasteiger partial charge in [-0.15, -0.1) is 0 Å². The first-order chi connectivity index (χ1) is 12.1. The third-order valence-corrected chi connectivity index (χ3v) is 5.95. The van der Waals surface area contributed by atoms with E-state index in [4.69, 9.17) is 4.74 Å². The van der Waals surface area contributed by atoms with Crippen LogP contribution in [0.25, 0.3) is 0 Å². The Labute approximate surface area is 155 Å². The van der Waals surface area contributed by atoms with E-state index in [1.807, 2.05) is 19.2 Å². The second-order valence-electron chi connectivity index (χ2n) is 7.39. The van der Waals surface area contributed by atoms with Crippen LogP contribution in [-0.2, 0) is 11.2 Å². The fraction of sp³-hybridized carbons (Fsp3) is 0.739. The Kier molecular flexibility index (Phi) is 11.0. The van der Waals surface area contributed by atoms with Crippen molar-refractivity contribution in [2.24, 2.45) is 5.92 Å². The summed E-state index contributed by atoms with van der Waals surface area (Å²) in [7, 11) is 1.87. The number of benzene rings is 1. The van der Waals surface area contributed by atoms with Crippen molar-refractivity contribution in [3.05, 3.63) is 35.6 Å². The average Bonchev–Trinajstić information content (AvgIpc) is 2.64. The molecule has 0 aliphatic heterocycles. The lowest BCUT2D eigenvalue weighted by molar-refractivity contribution is -0.0704. The summed E-state index contributed by atoms with van der Waals surface area (Å²) < 4.78 is 19.2. The highest BCUT2D eigenvalue weighted by Gasteiger charge is 2.34. The highest BCUT2D eigenvalue weighted by atomic mass is 19.1. The van der Waals surface area contributed by atoms with Crippen LogP contribution in [0.15, 0.2) is 24.3 Å². The molecule has 0 heterocycles. The van der Waals surface area contributed by atoms with Crippen molar-refractivity contribution in [1.82, 2.24) is 0 Å². The molecule has 144 valence electrons. The highest BCUT2D eigenvalue weighted by Crippen LogP contribution is 2.36. The molecule has 0 saturated heterocycles. The van der Waals surface area contributed by atoms with Gasteiger partial charge >= 0.3 is 0 Å². The number of ether oxygens (including phenoxy) is 1. The smallest absolute Gasteiger partial charge is 0.123 e. The molecule has 0 saturated carbocycles. The summed E-state index contributed by atoms with van der Waals surface area (Å²) >= 11 is 0. The fourth-order valence-electron chi connectivity index (χ4n) is 4.12. The van der Waals surface area contributed by atoms with Gasteiger partial charge in [0.2, 0.25) is 0 Å². The molecule has 1 aromatic rings. The summed E-state index contributed by atoms with van der Waals surface area (Å²) in [5, 5.41) is 0. The Morgan fingerprint density at radius 1 is 0.880 bits per heavy atom. The molecule has 0 N–H and O–H groups in total. The van der Waals surface area contributed by atoms with Crippen LogP contribution in [0.4, 0.5) is 4.39 Å². The van der Waals surface area contributed by atoms with Gasteiger partial charge in [-0.25, -0.2) is 4.39 Å². The monoisotopic (exact) mass is 350 g/mol. The first-order valence-electron chi connectivity index (χ1n) is 10.4. The summed E-state index contributed by atoms with van der Waals surface area (Å²) in [6.45, 7) is 6.76. The minimum atomic E-state index is -0.152. The number of unbranched alkanes of at least 4 members (excludes halogenated alkanes) is 5. The lowest BCUT2D eigenvalue weighted by Gasteiger charge is -2.39. The van der Waals surface area contributed by atoms with E-state index in [2.05, 4.69) is 20.8 Å². The molecule has 0 aliphatic carbocycles. The zero-order chi connectivity index (χ0) is 18.5. The van der Waals surface area contributed by atoms with E-state index >= 15 is 0 Å². The van der Waals surface area contributed by atoms with Gasteiger partial charge in [0.1, 0.15) is 5.82 Å². The predicted molar refractivity (Wildman–Crippen MR) is 107 cm³/mol. The molecule has 0 bridgehead atoms. The minimum absolute atomic E-state index is 0.0105. The van der Waals surface area contributed by atoms with E-state index in [0.29, 0.717) is 5.92 Å². The Balaban J connectivity index is 2.61. The number of aryl methyl sites for hydroxylation is 1. The van der Waals surface area contributed by atoms with Gasteiger partial charge in [-0.05, 0) is 55.7 Å². The van der Waals surface area contributed by atoms with Crippen molar-refractivity contribution in [2.45, 2.75) is 97.0 Å². The lowest BCUT2D eigenvalue weighted by atomic mass is 9.76. The maximum absolute atomic E-state index is 13.1. The van der Waals surface area contributed by atoms with Crippen molar-refractivity contribution < 1.29 is 9.13 Å². The van der Waals surface area contributed by atoms with Crippen molar-refractivity contribution >= 4 is 0 Å². The Hall–Kier alpha value is -0.890. The normalized spacial score (nSPS) is 13.2. The Morgan fingerprint density at radius 2 is 1.48 bits per heavy atom. The van der Waals surface area contributed by atoms with Crippen LogP contribution in [0.3, 0.4) is 0 Å². The second kappa shape index (κ2) is 12.5. The largest absolute Gasteiger partial charge is 0.378 e. The Bertz CT molecular complexity index is 428. The maximum Gasteiger partial charge on any atom is 0.123 e. The van der Waals surface area contributed by atoms with Crippen LogP contribution in [0.1, 0.15) is 90.5 Å². The van der Waals surface area contributed by atoms with Gasteiger partial charge in [0.05, 0.1) is 5.60 Å². The molecule has 1 nitrogen and oxygen atoms in total. The SMILES string of the molecule is CCCCCCCCC(CCc1ccc(F)cc1)C(CC)(CC)OC. The molecule has 2 heteroatoms. The first kappa shape index (κ1) is 22.2. The van der Waals surface area contributed by atoms with E-state index < -0.39 is 0 Å². The molecule has 0 fully saturated rings. The molecule has 1 atom stereocenters. The fourth-order valence-corrected chi connectivity index (χ4v) is 4.12. The van der Waals surface area contributed by atoms with E-state index in [9.17, 15) is 4.39 Å². The van der Waals surface area contributed by atoms with Crippen LogP contribution < -0.4 is 0 Å². The number of hydrogen-bond acceptors (Lipinski definition) is 1. The predicted octanol–water partition coefficient (Wildman–Crippen LogP) is 7.33. The number of halogens is 1. The van der Waals surface area contributed by atoms with E-state index in [-0.39, 0.29) is 11.4 Å². The summed E-state index contributed by atoms with van der Waals surface area (Å²) in [5.41, 5.74) is 1.22. The Morgan fingerprint density at radius 3 is 2.04 bits per heavy atom. The molecule has 1 aromatic carbocycles. The van der Waals surface area contributed by atoms with Crippen LogP contribution in [-0.4, -0.2) is 12.7 Å². The van der Waals surface area contributed by atoms with Crippen LogP contribution in [0, 0.1) is 11.7 Å². The second-order valence-corrected chi connectivity index (χ2v) is 7.39. The number of methoxy groups -OCH3 is 1. The van der Waals surface area contributed by atoms with E-state index in [1.165, 1.54) is 50.5 Å². The van der Waals surface area contributed by atoms with E-state index in [0.717, 1.165) is 25.7 Å². The zero-order valence-corrected chi connectivity index (χ0v) is 17.0. The molecule has 25 heavy (non-hydrogen) atoms. The van der Waals surface area contributed by atoms with Crippen molar-refractivity contribution in [2.75, 3.05) is 7.11 Å². The lowest BCUT2D eigenvalue weighted by Crippen LogP contribution is -2.39. The van der Waals surface area contributed by atoms with Gasteiger partial charge in [0.25, 0.3) is 0 Å². The maximum atomic E-state index is 13.1. The van der Waals surface area contributed by atoms with Gasteiger partial charge in [-0.1, -0.05) is 71.4 Å². The molecule has 0 amide bonds. The summed E-state index contributed by atoms with van der Waals surface area (Å²) in [6, 6.07) is 6.98. The molecule has 0 radical (unpaired) electrons. The van der Waals surface area contributed by atoms with Crippen molar-refractivity contribution in [1.29, 1.82) is 0 Å². The zero-order valence-electron chi connectivity index (χ0n) is 17.0. The summed E-state index contributed by atoms with van der Waals surface area (Å²) in [5.74, 6) is 0.421. The molecule has 0 aliphatic rings. The molecule has 1 unspecified atom stereocenters. The highest BCUT2D eigenvalue weighted by molar-refractivity contribution is 5.16. The van der Waals surface area contributed by atoms with E-state index in [1.54, 1.807) is 12.1 Å². The third kappa shape index (κ3) is 7.48. The van der Waals surface area contributed by atoms with Gasteiger partial charge < -0.3 is 4.74 Å². The topological polar surface area (TPSA) is 9.23 Å². The molecule has 0 spiro atoms. The number of hydrogen-bond donors (Lipinski definition) is 0. The van der Waals surface area contributed by atoms with Crippen LogP contribution in [0.5, 0.6) is 0 Å². The third-order valence-electron chi connectivity index (χ3n) is 5.95. The molecular weight excluding hydrogens is 311 g/mol. The summed E-state index contributed by atoms with van der Waals surface area (Å²) in [4.78, 5) is 0. The van der Waals surface area contributed by atoms with Crippen molar-refractivity contribution in [3.63, 3.8) is 0 Å². The quantitative estimate of drug-likeness (QED) is 0.319. The first-order valence-corrected chi connectivity index (χ1v) is 10.4.